The van der Waals surface area contributed by atoms with Crippen molar-refractivity contribution >= 4 is 22.9 Å². The molecule has 3 aromatic carbocycles. The van der Waals surface area contributed by atoms with Gasteiger partial charge in [-0.15, -0.1) is 10.2 Å². The highest BCUT2D eigenvalue weighted by atomic mass is 16.6. The Kier molecular flexibility index (Phi) is 5.41. The van der Waals surface area contributed by atoms with Crippen LogP contribution in [0.5, 0.6) is 0 Å². The Balaban J connectivity index is 1.99. The van der Waals surface area contributed by atoms with Crippen LogP contribution in [0, 0.1) is 10.1 Å². The first-order chi connectivity index (χ1) is 12.7. The molecule has 0 amide bonds. The molecule has 0 unspecified atom stereocenters. The average molecular weight is 345 g/mol. The first-order valence-corrected chi connectivity index (χ1v) is 7.83. The highest BCUT2D eigenvalue weighted by molar-refractivity contribution is 6.03. The molecule has 3 rings (SSSR count). The number of hydrazone groups is 1. The molecule has 0 heterocycles. The molecule has 0 saturated carbocycles. The van der Waals surface area contributed by atoms with Crippen molar-refractivity contribution < 1.29 is 4.92 Å². The fourth-order valence-electron chi connectivity index (χ4n) is 2.19. The number of azo groups is 1. The third-order valence-electron chi connectivity index (χ3n) is 3.42. The highest BCUT2D eigenvalue weighted by Gasteiger charge is 2.17. The Labute approximate surface area is 149 Å². The zero-order valence-corrected chi connectivity index (χ0v) is 13.7. The van der Waals surface area contributed by atoms with Crippen molar-refractivity contribution in [1.82, 2.24) is 0 Å². The van der Waals surface area contributed by atoms with Crippen molar-refractivity contribution in [3.63, 3.8) is 0 Å². The predicted octanol–water partition coefficient (Wildman–Crippen LogP) is 5.15. The molecule has 7 nitrogen and oxygen atoms in total. The van der Waals surface area contributed by atoms with Crippen LogP contribution < -0.4 is 5.43 Å². The summed E-state index contributed by atoms with van der Waals surface area (Å²) in [6.07, 6.45) is 0. The Morgan fingerprint density at radius 2 is 1.46 bits per heavy atom. The largest absolute Gasteiger partial charge is 0.280 e. The van der Waals surface area contributed by atoms with Crippen LogP contribution in [0.25, 0.3) is 0 Å². The molecule has 1 N–H and O–H groups in total. The molecule has 26 heavy (non-hydrogen) atoms. The molecule has 0 saturated heterocycles. The van der Waals surface area contributed by atoms with Gasteiger partial charge in [0.2, 0.25) is 5.84 Å². The minimum atomic E-state index is -0.467. The smallest absolute Gasteiger partial charge is 0.276 e. The predicted molar refractivity (Wildman–Crippen MR) is 101 cm³/mol. The van der Waals surface area contributed by atoms with Gasteiger partial charge in [0.15, 0.2) is 0 Å². The number of para-hydroxylation sites is 2. The van der Waals surface area contributed by atoms with Gasteiger partial charge >= 0.3 is 0 Å². The van der Waals surface area contributed by atoms with Crippen LogP contribution in [0.1, 0.15) is 5.56 Å². The summed E-state index contributed by atoms with van der Waals surface area (Å²) in [6.45, 7) is 0. The van der Waals surface area contributed by atoms with Crippen LogP contribution >= 0.6 is 0 Å². The Hall–Kier alpha value is -3.87. The minimum Gasteiger partial charge on any atom is -0.276 e. The van der Waals surface area contributed by atoms with E-state index in [4.69, 9.17) is 0 Å². The quantitative estimate of drug-likeness (QED) is 0.228. The van der Waals surface area contributed by atoms with E-state index in [0.29, 0.717) is 5.69 Å². The fraction of sp³-hybridized carbons (Fsp3) is 0. The average Bonchev–Trinajstić information content (AvgIpc) is 2.69. The number of nitrogens with zero attached hydrogens (tertiary/aromatic N) is 4. The second-order valence-corrected chi connectivity index (χ2v) is 5.22. The standard InChI is InChI=1S/C19H15N5O2/c25-24(26)18-14-8-7-13-17(18)19(22-20-15-9-3-1-4-10-15)23-21-16-11-5-2-6-12-16/h1-14,20H/b22-19+,23-21?. The van der Waals surface area contributed by atoms with Gasteiger partial charge in [-0.25, -0.2) is 0 Å². The number of amidine groups is 1. The van der Waals surface area contributed by atoms with E-state index in [-0.39, 0.29) is 17.1 Å². The maximum Gasteiger partial charge on any atom is 0.280 e. The summed E-state index contributed by atoms with van der Waals surface area (Å²) in [5, 5.41) is 23.8. The molecule has 0 bridgehead atoms. The molecule has 7 heteroatoms. The van der Waals surface area contributed by atoms with E-state index in [1.807, 2.05) is 48.5 Å². The summed E-state index contributed by atoms with van der Waals surface area (Å²) in [4.78, 5) is 10.9. The van der Waals surface area contributed by atoms with Crippen molar-refractivity contribution in [2.75, 3.05) is 5.43 Å². The topological polar surface area (TPSA) is 92.2 Å². The molecular formula is C19H15N5O2. The van der Waals surface area contributed by atoms with Gasteiger partial charge in [0.25, 0.3) is 5.69 Å². The summed E-state index contributed by atoms with van der Waals surface area (Å²) in [5.41, 5.74) is 4.40. The van der Waals surface area contributed by atoms with Gasteiger partial charge in [0, 0.05) is 6.07 Å². The fourth-order valence-corrected chi connectivity index (χ4v) is 2.19. The maximum atomic E-state index is 11.3. The van der Waals surface area contributed by atoms with Gasteiger partial charge in [0.1, 0.15) is 5.56 Å². The van der Waals surface area contributed by atoms with E-state index in [2.05, 4.69) is 20.8 Å². The lowest BCUT2D eigenvalue weighted by atomic mass is 10.1. The van der Waals surface area contributed by atoms with Gasteiger partial charge in [-0.05, 0) is 30.3 Å². The molecule has 0 aromatic heterocycles. The van der Waals surface area contributed by atoms with E-state index in [9.17, 15) is 10.1 Å². The van der Waals surface area contributed by atoms with Gasteiger partial charge < -0.3 is 0 Å². The van der Waals surface area contributed by atoms with E-state index < -0.39 is 4.92 Å². The van der Waals surface area contributed by atoms with Crippen molar-refractivity contribution in [2.45, 2.75) is 0 Å². The highest BCUT2D eigenvalue weighted by Crippen LogP contribution is 2.21. The second-order valence-electron chi connectivity index (χ2n) is 5.22. The zero-order valence-electron chi connectivity index (χ0n) is 13.7. The lowest BCUT2D eigenvalue weighted by Gasteiger charge is -2.04. The Bertz CT molecular complexity index is 940. The molecule has 0 atom stereocenters. The molecule has 3 aromatic rings. The van der Waals surface area contributed by atoms with Crippen LogP contribution in [0.15, 0.2) is 100 Å². The lowest BCUT2D eigenvalue weighted by molar-refractivity contribution is -0.385. The molecule has 0 aliphatic carbocycles. The van der Waals surface area contributed by atoms with Crippen molar-refractivity contribution in [3.8, 4) is 0 Å². The van der Waals surface area contributed by atoms with E-state index in [1.165, 1.54) is 6.07 Å². The first kappa shape index (κ1) is 17.0. The number of anilines is 1. The number of nitro benzene ring substituents is 1. The van der Waals surface area contributed by atoms with E-state index in [1.54, 1.807) is 30.3 Å². The molecule has 0 aliphatic heterocycles. The third-order valence-corrected chi connectivity index (χ3v) is 3.42. The van der Waals surface area contributed by atoms with Crippen LogP contribution in [0.3, 0.4) is 0 Å². The first-order valence-electron chi connectivity index (χ1n) is 7.83. The second kappa shape index (κ2) is 8.29. The summed E-state index contributed by atoms with van der Waals surface area (Å²) >= 11 is 0. The number of nitro groups is 1. The molecule has 0 aliphatic rings. The molecular weight excluding hydrogens is 330 g/mol. The normalized spacial score (nSPS) is 11.5. The SMILES string of the molecule is O=[N+]([O-])c1ccccc1/C(N=Nc1ccccc1)=N\Nc1ccccc1. The summed E-state index contributed by atoms with van der Waals surface area (Å²) in [5.74, 6) is 0.116. The Morgan fingerprint density at radius 3 is 2.15 bits per heavy atom. The summed E-state index contributed by atoms with van der Waals surface area (Å²) < 4.78 is 0. The zero-order chi connectivity index (χ0) is 18.2. The summed E-state index contributed by atoms with van der Waals surface area (Å²) in [6, 6.07) is 24.6. The summed E-state index contributed by atoms with van der Waals surface area (Å²) in [7, 11) is 0. The molecule has 0 fully saturated rings. The van der Waals surface area contributed by atoms with E-state index in [0.717, 1.165) is 5.69 Å². The van der Waals surface area contributed by atoms with E-state index >= 15 is 0 Å². The number of nitrogens with one attached hydrogen (secondary N) is 1. The van der Waals surface area contributed by atoms with Crippen LogP contribution in [0.4, 0.5) is 17.1 Å². The number of benzene rings is 3. The third kappa shape index (κ3) is 4.35. The van der Waals surface area contributed by atoms with Crippen molar-refractivity contribution in [3.05, 3.63) is 101 Å². The maximum absolute atomic E-state index is 11.3. The van der Waals surface area contributed by atoms with Crippen molar-refractivity contribution in [2.24, 2.45) is 15.3 Å². The van der Waals surface area contributed by atoms with Gasteiger partial charge in [-0.1, -0.05) is 48.5 Å². The minimum absolute atomic E-state index is 0.0897. The molecule has 128 valence electrons. The number of rotatable bonds is 5. The van der Waals surface area contributed by atoms with Crippen molar-refractivity contribution in [1.29, 1.82) is 0 Å². The monoisotopic (exact) mass is 345 g/mol. The number of hydrogen-bond donors (Lipinski definition) is 1. The lowest BCUT2D eigenvalue weighted by Crippen LogP contribution is -2.05. The van der Waals surface area contributed by atoms with Gasteiger partial charge in [-0.2, -0.15) is 5.10 Å². The van der Waals surface area contributed by atoms with Gasteiger partial charge in [0.05, 0.1) is 16.3 Å². The van der Waals surface area contributed by atoms with Crippen LogP contribution in [-0.2, 0) is 0 Å². The van der Waals surface area contributed by atoms with Crippen LogP contribution in [0.2, 0.25) is 0 Å². The van der Waals surface area contributed by atoms with Crippen LogP contribution in [-0.4, -0.2) is 10.8 Å². The van der Waals surface area contributed by atoms with Gasteiger partial charge in [-0.3, -0.25) is 15.5 Å². The molecule has 0 radical (unpaired) electrons. The molecule has 0 spiro atoms. The Morgan fingerprint density at radius 1 is 0.846 bits per heavy atom. The number of hydrogen-bond acceptors (Lipinski definition) is 5.